The highest BCUT2D eigenvalue weighted by atomic mass is 16.6. The van der Waals surface area contributed by atoms with Gasteiger partial charge < -0.3 is 24.3 Å². The van der Waals surface area contributed by atoms with Crippen LogP contribution in [-0.2, 0) is 11.8 Å². The minimum absolute atomic E-state index is 0.107. The molecule has 1 amide bonds. The van der Waals surface area contributed by atoms with Crippen molar-refractivity contribution in [3.8, 4) is 23.2 Å². The lowest BCUT2D eigenvalue weighted by atomic mass is 10.2. The number of oxazole rings is 1. The van der Waals surface area contributed by atoms with Crippen LogP contribution in [0.2, 0.25) is 0 Å². The number of ether oxygens (including phenoxy) is 2. The van der Waals surface area contributed by atoms with Gasteiger partial charge >= 0.3 is 6.09 Å². The molecule has 2 N–H and O–H groups in total. The molecule has 9 heteroatoms. The second-order valence-electron chi connectivity index (χ2n) is 7.52. The highest BCUT2D eigenvalue weighted by Gasteiger charge is 2.19. The van der Waals surface area contributed by atoms with Gasteiger partial charge in [0.25, 0.3) is 0 Å². The Morgan fingerprint density at radius 3 is 2.82 bits per heavy atom. The normalized spacial score (nSPS) is 12.8. The number of fused-ring (bicyclic) bond motifs is 1. The van der Waals surface area contributed by atoms with Crippen LogP contribution in [0.1, 0.15) is 27.7 Å². The van der Waals surface area contributed by atoms with Crippen LogP contribution < -0.4 is 10.1 Å². The van der Waals surface area contributed by atoms with Gasteiger partial charge in [-0.2, -0.15) is 0 Å². The van der Waals surface area contributed by atoms with Crippen molar-refractivity contribution in [1.29, 1.82) is 0 Å². The first-order valence-electron chi connectivity index (χ1n) is 8.87. The number of phenolic OH excluding ortho intramolecular Hbond substituents is 1. The number of amides is 1. The molecule has 1 atom stereocenters. The number of carbonyl (C=O) groups excluding carboxylic acids is 1. The van der Waals surface area contributed by atoms with E-state index < -0.39 is 11.7 Å². The molecule has 3 aromatic rings. The Kier molecular flexibility index (Phi) is 5.17. The molecule has 0 saturated carbocycles. The van der Waals surface area contributed by atoms with Crippen molar-refractivity contribution in [1.82, 2.24) is 20.1 Å². The lowest BCUT2D eigenvalue weighted by Gasteiger charge is -2.21. The van der Waals surface area contributed by atoms with E-state index in [2.05, 4.69) is 15.4 Å². The minimum atomic E-state index is -0.559. The molecule has 3 rings (SSSR count). The van der Waals surface area contributed by atoms with Gasteiger partial charge in [0, 0.05) is 19.2 Å². The van der Waals surface area contributed by atoms with E-state index in [4.69, 9.17) is 13.9 Å². The van der Waals surface area contributed by atoms with Gasteiger partial charge in [-0.05, 0) is 39.8 Å². The van der Waals surface area contributed by atoms with Gasteiger partial charge in [-0.3, -0.25) is 4.68 Å². The van der Waals surface area contributed by atoms with Gasteiger partial charge in [0.1, 0.15) is 29.2 Å². The number of carbonyl (C=O) groups is 1. The van der Waals surface area contributed by atoms with Crippen LogP contribution in [-0.4, -0.2) is 44.2 Å². The maximum absolute atomic E-state index is 11.8. The van der Waals surface area contributed by atoms with E-state index in [1.54, 1.807) is 57.6 Å². The molecule has 1 aromatic carbocycles. The Labute approximate surface area is 162 Å². The van der Waals surface area contributed by atoms with E-state index in [-0.39, 0.29) is 18.4 Å². The average Bonchev–Trinajstić information content (AvgIpc) is 3.13. The molecule has 0 fully saturated rings. The van der Waals surface area contributed by atoms with Crippen molar-refractivity contribution in [2.24, 2.45) is 7.05 Å². The molecule has 0 unspecified atom stereocenters. The summed E-state index contributed by atoms with van der Waals surface area (Å²) in [7, 11) is 1.75. The minimum Gasteiger partial charge on any atom is -0.508 e. The maximum atomic E-state index is 11.8. The summed E-state index contributed by atoms with van der Waals surface area (Å²) in [6, 6.07) is 6.16. The van der Waals surface area contributed by atoms with Crippen molar-refractivity contribution in [3.63, 3.8) is 0 Å². The van der Waals surface area contributed by atoms with Crippen LogP contribution in [0.5, 0.6) is 11.6 Å². The molecule has 9 nitrogen and oxygen atoms in total. The second-order valence-corrected chi connectivity index (χ2v) is 7.52. The number of rotatable bonds is 5. The van der Waals surface area contributed by atoms with E-state index in [1.165, 1.54) is 6.07 Å². The number of aryl methyl sites for hydroxylation is 1. The zero-order valence-corrected chi connectivity index (χ0v) is 16.5. The Morgan fingerprint density at radius 1 is 1.36 bits per heavy atom. The molecule has 0 aliphatic carbocycles. The Balaban J connectivity index is 1.64. The number of aromatic nitrogens is 3. The van der Waals surface area contributed by atoms with E-state index >= 15 is 0 Å². The van der Waals surface area contributed by atoms with Crippen LogP contribution in [0.4, 0.5) is 4.79 Å². The Morgan fingerprint density at radius 2 is 2.11 bits per heavy atom. The lowest BCUT2D eigenvalue weighted by Crippen LogP contribution is -2.40. The van der Waals surface area contributed by atoms with Gasteiger partial charge in [0.05, 0.1) is 6.04 Å². The second kappa shape index (κ2) is 7.41. The summed E-state index contributed by atoms with van der Waals surface area (Å²) in [5, 5.41) is 16.5. The number of hydrogen-bond acceptors (Lipinski definition) is 7. The van der Waals surface area contributed by atoms with Crippen molar-refractivity contribution < 1.29 is 23.8 Å². The fourth-order valence-electron chi connectivity index (χ4n) is 2.50. The van der Waals surface area contributed by atoms with E-state index in [0.29, 0.717) is 28.6 Å². The molecule has 150 valence electrons. The van der Waals surface area contributed by atoms with Crippen molar-refractivity contribution >= 4 is 17.2 Å². The molecule has 0 radical (unpaired) electrons. The van der Waals surface area contributed by atoms with E-state index in [1.807, 2.05) is 0 Å². The largest absolute Gasteiger partial charge is 0.508 e. The molecule has 0 aliphatic heterocycles. The first-order chi connectivity index (χ1) is 13.1. The topological polar surface area (TPSA) is 112 Å². The number of nitrogens with zero attached hydrogens (tertiary/aromatic N) is 3. The third kappa shape index (κ3) is 4.73. The van der Waals surface area contributed by atoms with Gasteiger partial charge in [-0.15, -0.1) is 5.10 Å². The first kappa shape index (κ1) is 19.5. The number of hydrogen-bond donors (Lipinski definition) is 2. The van der Waals surface area contributed by atoms with Gasteiger partial charge in [-0.25, -0.2) is 9.78 Å². The van der Waals surface area contributed by atoms with E-state index in [0.717, 1.165) is 0 Å². The first-order valence-corrected chi connectivity index (χ1v) is 8.87. The third-order valence-corrected chi connectivity index (χ3v) is 3.69. The van der Waals surface area contributed by atoms with Crippen molar-refractivity contribution in [2.45, 2.75) is 39.3 Å². The third-order valence-electron chi connectivity index (χ3n) is 3.69. The molecule has 28 heavy (non-hydrogen) atoms. The summed E-state index contributed by atoms with van der Waals surface area (Å²) in [5.41, 5.74) is 1.18. The lowest BCUT2D eigenvalue weighted by molar-refractivity contribution is 0.0493. The number of benzene rings is 1. The summed E-state index contributed by atoms with van der Waals surface area (Å²) in [4.78, 5) is 16.2. The maximum Gasteiger partial charge on any atom is 0.407 e. The fourth-order valence-corrected chi connectivity index (χ4v) is 2.50. The zero-order chi connectivity index (χ0) is 20.5. The van der Waals surface area contributed by atoms with Crippen LogP contribution in [0.3, 0.4) is 0 Å². The molecular formula is C19H24N4O5. The Hall–Kier alpha value is -3.23. The number of phenols is 1. The molecule has 2 aromatic heterocycles. The summed E-state index contributed by atoms with van der Waals surface area (Å²) >= 11 is 0. The van der Waals surface area contributed by atoms with Gasteiger partial charge in [0.15, 0.2) is 5.58 Å². The SMILES string of the molecule is C[C@@H](COc1cc(-c2nc3ccc(O)cc3o2)n(C)n1)NC(=O)OC(C)(C)C. The predicted molar refractivity (Wildman–Crippen MR) is 102 cm³/mol. The standard InChI is InChI=1S/C19H24N4O5/c1-11(20-18(25)28-19(2,3)4)10-26-16-9-14(23(5)22-16)17-21-13-7-6-12(24)8-15(13)27-17/h6-9,11,24H,10H2,1-5H3,(H,20,25)/t11-/m0/s1. The average molecular weight is 388 g/mol. The molecular weight excluding hydrogens is 364 g/mol. The summed E-state index contributed by atoms with van der Waals surface area (Å²) in [5.74, 6) is 0.849. The van der Waals surface area contributed by atoms with Crippen LogP contribution in [0, 0.1) is 0 Å². The molecule has 0 spiro atoms. The number of aromatic hydroxyl groups is 1. The molecule has 2 heterocycles. The van der Waals surface area contributed by atoms with E-state index in [9.17, 15) is 9.90 Å². The van der Waals surface area contributed by atoms with Crippen LogP contribution in [0.15, 0.2) is 28.7 Å². The van der Waals surface area contributed by atoms with Crippen LogP contribution in [0.25, 0.3) is 22.7 Å². The summed E-state index contributed by atoms with van der Waals surface area (Å²) < 4.78 is 18.2. The van der Waals surface area contributed by atoms with Crippen molar-refractivity contribution in [2.75, 3.05) is 6.61 Å². The monoisotopic (exact) mass is 388 g/mol. The summed E-state index contributed by atoms with van der Waals surface area (Å²) in [6.45, 7) is 7.43. The highest BCUT2D eigenvalue weighted by molar-refractivity contribution is 5.77. The number of nitrogens with one attached hydrogen (secondary N) is 1. The summed E-state index contributed by atoms with van der Waals surface area (Å²) in [6.07, 6.45) is -0.500. The smallest absolute Gasteiger partial charge is 0.407 e. The molecule has 0 aliphatic rings. The fraction of sp³-hybridized carbons (Fsp3) is 0.421. The predicted octanol–water partition coefficient (Wildman–Crippen LogP) is 3.23. The molecule has 0 bridgehead atoms. The quantitative estimate of drug-likeness (QED) is 0.690. The van der Waals surface area contributed by atoms with Gasteiger partial charge in [0.2, 0.25) is 11.8 Å². The van der Waals surface area contributed by atoms with Crippen molar-refractivity contribution in [3.05, 3.63) is 24.3 Å². The number of alkyl carbamates (subject to hydrolysis) is 1. The zero-order valence-electron chi connectivity index (χ0n) is 16.5. The molecule has 0 saturated heterocycles. The van der Waals surface area contributed by atoms with Gasteiger partial charge in [-0.1, -0.05) is 0 Å². The highest BCUT2D eigenvalue weighted by Crippen LogP contribution is 2.28. The Bertz CT molecular complexity index is 986. The van der Waals surface area contributed by atoms with Crippen LogP contribution >= 0.6 is 0 Å².